The van der Waals surface area contributed by atoms with E-state index in [0.29, 0.717) is 18.2 Å². The minimum absolute atomic E-state index is 0.170. The summed E-state index contributed by atoms with van der Waals surface area (Å²) in [4.78, 5) is 12.7. The van der Waals surface area contributed by atoms with Crippen LogP contribution in [0.3, 0.4) is 0 Å². The molecule has 0 saturated heterocycles. The lowest BCUT2D eigenvalue weighted by atomic mass is 9.66. The number of nitrogens with zero attached hydrogens (tertiary/aromatic N) is 2. The molecule has 0 radical (unpaired) electrons. The van der Waals surface area contributed by atoms with Gasteiger partial charge < -0.3 is 0 Å². The molecule has 1 aromatic rings. The molecule has 3 nitrogen and oxygen atoms in total. The van der Waals surface area contributed by atoms with Crippen LogP contribution in [0.5, 0.6) is 0 Å². The smallest absolute Gasteiger partial charge is 0.142 e. The van der Waals surface area contributed by atoms with Gasteiger partial charge in [0.1, 0.15) is 5.78 Å². The van der Waals surface area contributed by atoms with E-state index in [2.05, 4.69) is 29.8 Å². The van der Waals surface area contributed by atoms with Crippen LogP contribution < -0.4 is 0 Å². The standard InChI is InChI=1S/C18H28N2O/c1-18(2)11-6-5-9-16(18)17(21)13-14-10-12-20(19-14)15-7-3-4-8-15/h10,12,15-16H,3-9,11,13H2,1-2H3. The Labute approximate surface area is 128 Å². The van der Waals surface area contributed by atoms with Crippen molar-refractivity contribution in [3.63, 3.8) is 0 Å². The van der Waals surface area contributed by atoms with E-state index in [1.54, 1.807) is 0 Å². The van der Waals surface area contributed by atoms with Crippen molar-refractivity contribution in [2.24, 2.45) is 11.3 Å². The second-order valence-corrected chi connectivity index (χ2v) is 7.66. The summed E-state index contributed by atoms with van der Waals surface area (Å²) in [6.45, 7) is 4.51. The molecule has 21 heavy (non-hydrogen) atoms. The Morgan fingerprint density at radius 2 is 1.95 bits per heavy atom. The van der Waals surface area contributed by atoms with Crippen LogP contribution in [-0.2, 0) is 11.2 Å². The molecule has 116 valence electrons. The van der Waals surface area contributed by atoms with Gasteiger partial charge in [0.25, 0.3) is 0 Å². The summed E-state index contributed by atoms with van der Waals surface area (Å²) in [6.07, 6.45) is 12.4. The molecular formula is C18H28N2O. The van der Waals surface area contributed by atoms with Crippen molar-refractivity contribution in [1.82, 2.24) is 9.78 Å². The maximum atomic E-state index is 12.7. The van der Waals surface area contributed by atoms with Gasteiger partial charge >= 0.3 is 0 Å². The Kier molecular flexibility index (Phi) is 4.19. The first-order valence-corrected chi connectivity index (χ1v) is 8.63. The largest absolute Gasteiger partial charge is 0.299 e. The van der Waals surface area contributed by atoms with E-state index < -0.39 is 0 Å². The van der Waals surface area contributed by atoms with E-state index in [4.69, 9.17) is 0 Å². The molecule has 1 aromatic heterocycles. The van der Waals surface area contributed by atoms with Gasteiger partial charge in [0.15, 0.2) is 0 Å². The first kappa shape index (κ1) is 14.8. The van der Waals surface area contributed by atoms with Crippen molar-refractivity contribution in [1.29, 1.82) is 0 Å². The van der Waals surface area contributed by atoms with Gasteiger partial charge in [0, 0.05) is 12.1 Å². The number of ketones is 1. The molecule has 1 atom stereocenters. The zero-order valence-corrected chi connectivity index (χ0v) is 13.5. The van der Waals surface area contributed by atoms with E-state index in [0.717, 1.165) is 12.1 Å². The molecule has 3 rings (SSSR count). The van der Waals surface area contributed by atoms with Crippen LogP contribution in [0.15, 0.2) is 12.3 Å². The Morgan fingerprint density at radius 3 is 2.67 bits per heavy atom. The molecule has 3 heteroatoms. The third kappa shape index (κ3) is 3.22. The topological polar surface area (TPSA) is 34.9 Å². The fourth-order valence-corrected chi connectivity index (χ4v) is 4.24. The van der Waals surface area contributed by atoms with Gasteiger partial charge in [-0.3, -0.25) is 9.48 Å². The van der Waals surface area contributed by atoms with Crippen molar-refractivity contribution in [2.45, 2.75) is 77.7 Å². The maximum Gasteiger partial charge on any atom is 0.142 e. The van der Waals surface area contributed by atoms with Crippen LogP contribution in [0.4, 0.5) is 0 Å². The van der Waals surface area contributed by atoms with Crippen LogP contribution in [0.1, 0.15) is 76.9 Å². The molecular weight excluding hydrogens is 260 g/mol. The normalized spacial score (nSPS) is 26.1. The molecule has 1 unspecified atom stereocenters. The number of carbonyl (C=O) groups excluding carboxylic acids is 1. The molecule has 0 aromatic carbocycles. The second-order valence-electron chi connectivity index (χ2n) is 7.66. The highest BCUT2D eigenvalue weighted by Crippen LogP contribution is 2.41. The summed E-state index contributed by atoms with van der Waals surface area (Å²) in [6, 6.07) is 2.62. The zero-order valence-electron chi connectivity index (χ0n) is 13.5. The summed E-state index contributed by atoms with van der Waals surface area (Å²) < 4.78 is 2.10. The first-order chi connectivity index (χ1) is 10.1. The van der Waals surface area contributed by atoms with Gasteiger partial charge in [-0.05, 0) is 37.2 Å². The van der Waals surface area contributed by atoms with E-state index in [-0.39, 0.29) is 11.3 Å². The lowest BCUT2D eigenvalue weighted by Gasteiger charge is -2.37. The molecule has 2 fully saturated rings. The van der Waals surface area contributed by atoms with Crippen LogP contribution in [0.25, 0.3) is 0 Å². The highest BCUT2D eigenvalue weighted by atomic mass is 16.1. The molecule has 2 saturated carbocycles. The number of Topliss-reactive ketones (excluding diaryl/α,β-unsaturated/α-hetero) is 1. The van der Waals surface area contributed by atoms with Gasteiger partial charge in [-0.1, -0.05) is 39.5 Å². The van der Waals surface area contributed by atoms with Gasteiger partial charge in [-0.25, -0.2) is 0 Å². The van der Waals surface area contributed by atoms with Crippen molar-refractivity contribution in [2.75, 3.05) is 0 Å². The highest BCUT2D eigenvalue weighted by Gasteiger charge is 2.36. The van der Waals surface area contributed by atoms with E-state index in [1.165, 1.54) is 44.9 Å². The lowest BCUT2D eigenvalue weighted by molar-refractivity contribution is -0.127. The van der Waals surface area contributed by atoms with Gasteiger partial charge in [0.2, 0.25) is 0 Å². The molecule has 0 amide bonds. The average Bonchev–Trinajstić information content (AvgIpc) is 3.08. The quantitative estimate of drug-likeness (QED) is 0.826. The van der Waals surface area contributed by atoms with Gasteiger partial charge in [-0.15, -0.1) is 0 Å². The molecule has 0 N–H and O–H groups in total. The fraction of sp³-hybridized carbons (Fsp3) is 0.778. The minimum Gasteiger partial charge on any atom is -0.299 e. The van der Waals surface area contributed by atoms with Crippen molar-refractivity contribution >= 4 is 5.78 Å². The van der Waals surface area contributed by atoms with E-state index in [9.17, 15) is 4.79 Å². The van der Waals surface area contributed by atoms with E-state index in [1.807, 2.05) is 6.07 Å². The molecule has 1 heterocycles. The Morgan fingerprint density at radius 1 is 1.24 bits per heavy atom. The maximum absolute atomic E-state index is 12.7. The van der Waals surface area contributed by atoms with Crippen molar-refractivity contribution in [3.05, 3.63) is 18.0 Å². The zero-order chi connectivity index (χ0) is 14.9. The number of hydrogen-bond acceptors (Lipinski definition) is 2. The molecule has 2 aliphatic rings. The van der Waals surface area contributed by atoms with Crippen LogP contribution >= 0.6 is 0 Å². The van der Waals surface area contributed by atoms with Crippen molar-refractivity contribution < 1.29 is 4.79 Å². The van der Waals surface area contributed by atoms with Gasteiger partial charge in [0.05, 0.1) is 18.2 Å². The Balaban J connectivity index is 1.64. The third-order valence-electron chi connectivity index (χ3n) is 5.61. The van der Waals surface area contributed by atoms with Crippen LogP contribution in [0, 0.1) is 11.3 Å². The van der Waals surface area contributed by atoms with Crippen LogP contribution in [0.2, 0.25) is 0 Å². The minimum atomic E-state index is 0.170. The highest BCUT2D eigenvalue weighted by molar-refractivity contribution is 5.83. The van der Waals surface area contributed by atoms with E-state index >= 15 is 0 Å². The predicted octanol–water partition coefficient (Wildman–Crippen LogP) is 4.33. The summed E-state index contributed by atoms with van der Waals surface area (Å²) in [7, 11) is 0. The fourth-order valence-electron chi connectivity index (χ4n) is 4.24. The summed E-state index contributed by atoms with van der Waals surface area (Å²) >= 11 is 0. The summed E-state index contributed by atoms with van der Waals surface area (Å²) in [5, 5.41) is 4.67. The molecule has 0 bridgehead atoms. The Hall–Kier alpha value is -1.12. The summed E-state index contributed by atoms with van der Waals surface area (Å²) in [5.41, 5.74) is 1.14. The Bertz CT molecular complexity index is 497. The number of aromatic nitrogens is 2. The molecule has 0 aliphatic heterocycles. The van der Waals surface area contributed by atoms with Gasteiger partial charge in [-0.2, -0.15) is 5.10 Å². The SMILES string of the molecule is CC1(C)CCCCC1C(=O)Cc1ccn(C2CCCC2)n1. The summed E-state index contributed by atoms with van der Waals surface area (Å²) in [5.74, 6) is 0.624. The third-order valence-corrected chi connectivity index (χ3v) is 5.61. The van der Waals surface area contributed by atoms with Crippen molar-refractivity contribution in [3.8, 4) is 0 Å². The molecule has 0 spiro atoms. The number of hydrogen-bond donors (Lipinski definition) is 0. The van der Waals surface area contributed by atoms with Crippen LogP contribution in [-0.4, -0.2) is 15.6 Å². The predicted molar refractivity (Wildman–Crippen MR) is 84.2 cm³/mol. The lowest BCUT2D eigenvalue weighted by Crippen LogP contribution is -2.35. The number of rotatable bonds is 4. The average molecular weight is 288 g/mol. The first-order valence-electron chi connectivity index (χ1n) is 8.63. The number of carbonyl (C=O) groups is 1. The monoisotopic (exact) mass is 288 g/mol. The molecule has 2 aliphatic carbocycles. The second kappa shape index (κ2) is 5.94.